The summed E-state index contributed by atoms with van der Waals surface area (Å²) in [5.74, 6) is -0.0728. The SMILES string of the molecule is COc1ccc2c(c1)C(=O)N(CC1(c3cc4cnc(-c5ccncc5)cc4o3)NC(=O)NC1=O)C2. The summed E-state index contributed by atoms with van der Waals surface area (Å²) in [7, 11) is 1.53. The van der Waals surface area contributed by atoms with Gasteiger partial charge in [0.15, 0.2) is 5.54 Å². The lowest BCUT2D eigenvalue weighted by Crippen LogP contribution is -2.52. The zero-order valence-electron chi connectivity index (χ0n) is 18.6. The predicted octanol–water partition coefficient (Wildman–Crippen LogP) is 2.59. The number of furan rings is 1. The summed E-state index contributed by atoms with van der Waals surface area (Å²) in [4.78, 5) is 48.5. The summed E-state index contributed by atoms with van der Waals surface area (Å²) < 4.78 is 11.3. The van der Waals surface area contributed by atoms with Gasteiger partial charge in [0, 0.05) is 47.7 Å². The predicted molar refractivity (Wildman–Crippen MR) is 123 cm³/mol. The number of fused-ring (bicyclic) bond motifs is 2. The molecule has 10 nitrogen and oxygen atoms in total. The molecule has 35 heavy (non-hydrogen) atoms. The zero-order chi connectivity index (χ0) is 24.2. The van der Waals surface area contributed by atoms with Gasteiger partial charge in [0.05, 0.1) is 19.3 Å². The maximum absolute atomic E-state index is 13.2. The van der Waals surface area contributed by atoms with Gasteiger partial charge in [-0.1, -0.05) is 6.07 Å². The van der Waals surface area contributed by atoms with E-state index in [1.165, 1.54) is 12.0 Å². The molecule has 2 N–H and O–H groups in total. The number of amides is 4. The van der Waals surface area contributed by atoms with Gasteiger partial charge in [0.25, 0.3) is 11.8 Å². The van der Waals surface area contributed by atoms with Crippen LogP contribution in [0.5, 0.6) is 5.75 Å². The smallest absolute Gasteiger partial charge is 0.322 e. The van der Waals surface area contributed by atoms with E-state index in [2.05, 4.69) is 20.6 Å². The van der Waals surface area contributed by atoms with E-state index in [1.807, 2.05) is 18.2 Å². The number of benzene rings is 1. The minimum atomic E-state index is -1.59. The van der Waals surface area contributed by atoms with Crippen molar-refractivity contribution in [3.63, 3.8) is 0 Å². The Morgan fingerprint density at radius 3 is 2.69 bits per heavy atom. The summed E-state index contributed by atoms with van der Waals surface area (Å²) in [6.45, 7) is 0.182. The molecule has 2 aliphatic heterocycles. The summed E-state index contributed by atoms with van der Waals surface area (Å²) in [6, 6.07) is 11.7. The second-order valence-corrected chi connectivity index (χ2v) is 8.45. The zero-order valence-corrected chi connectivity index (χ0v) is 18.6. The van der Waals surface area contributed by atoms with Crippen molar-refractivity contribution in [3.8, 4) is 17.0 Å². The van der Waals surface area contributed by atoms with E-state index < -0.39 is 17.5 Å². The van der Waals surface area contributed by atoms with Gasteiger partial charge in [-0.15, -0.1) is 0 Å². The van der Waals surface area contributed by atoms with Gasteiger partial charge < -0.3 is 19.4 Å². The number of imide groups is 1. The van der Waals surface area contributed by atoms with E-state index in [0.29, 0.717) is 28.0 Å². The van der Waals surface area contributed by atoms with Crippen LogP contribution in [0, 0.1) is 0 Å². The van der Waals surface area contributed by atoms with Gasteiger partial charge in [-0.3, -0.25) is 24.9 Å². The van der Waals surface area contributed by atoms with E-state index in [9.17, 15) is 14.4 Å². The molecule has 3 aromatic heterocycles. The van der Waals surface area contributed by atoms with Crippen molar-refractivity contribution in [2.75, 3.05) is 13.7 Å². The highest BCUT2D eigenvalue weighted by Crippen LogP contribution is 2.35. The van der Waals surface area contributed by atoms with Crippen molar-refractivity contribution in [2.24, 2.45) is 0 Å². The Kier molecular flexibility index (Phi) is 4.56. The van der Waals surface area contributed by atoms with Gasteiger partial charge in [0.2, 0.25) is 0 Å². The number of aromatic nitrogens is 2. The lowest BCUT2D eigenvalue weighted by atomic mass is 9.95. The van der Waals surface area contributed by atoms with E-state index >= 15 is 0 Å². The van der Waals surface area contributed by atoms with Crippen molar-refractivity contribution in [3.05, 3.63) is 77.9 Å². The van der Waals surface area contributed by atoms with Gasteiger partial charge in [0.1, 0.15) is 17.1 Å². The van der Waals surface area contributed by atoms with Crippen LogP contribution < -0.4 is 15.4 Å². The number of urea groups is 1. The van der Waals surface area contributed by atoms with E-state index in [0.717, 1.165) is 11.1 Å². The Bertz CT molecular complexity index is 1520. The highest BCUT2D eigenvalue weighted by Gasteiger charge is 2.53. The van der Waals surface area contributed by atoms with Crippen molar-refractivity contribution in [2.45, 2.75) is 12.1 Å². The molecule has 0 radical (unpaired) electrons. The first-order valence-electron chi connectivity index (χ1n) is 10.9. The van der Waals surface area contributed by atoms with Crippen molar-refractivity contribution < 1.29 is 23.5 Å². The Hall–Kier alpha value is -4.73. The molecule has 1 atom stereocenters. The molecule has 10 heteroatoms. The molecular weight excluding hydrogens is 450 g/mol. The van der Waals surface area contributed by atoms with E-state index in [-0.39, 0.29) is 24.8 Å². The summed E-state index contributed by atoms with van der Waals surface area (Å²) in [5, 5.41) is 5.64. The average Bonchev–Trinajstić information content (AvgIpc) is 3.53. The largest absolute Gasteiger partial charge is 0.497 e. The molecular formula is C25H19N5O5. The number of ether oxygens (including phenoxy) is 1. The van der Waals surface area contributed by atoms with Crippen LogP contribution >= 0.6 is 0 Å². The molecule has 1 aromatic carbocycles. The third-order valence-electron chi connectivity index (χ3n) is 6.36. The molecule has 2 aliphatic rings. The molecule has 0 spiro atoms. The third kappa shape index (κ3) is 3.30. The molecule has 0 aliphatic carbocycles. The van der Waals surface area contributed by atoms with Crippen LogP contribution in [-0.2, 0) is 16.9 Å². The minimum absolute atomic E-state index is 0.106. The lowest BCUT2D eigenvalue weighted by Gasteiger charge is -2.29. The summed E-state index contributed by atoms with van der Waals surface area (Å²) >= 11 is 0. The number of pyridine rings is 2. The van der Waals surface area contributed by atoms with Crippen molar-refractivity contribution in [1.82, 2.24) is 25.5 Å². The highest BCUT2D eigenvalue weighted by molar-refractivity contribution is 6.08. The van der Waals surface area contributed by atoms with Crippen molar-refractivity contribution >= 4 is 28.8 Å². The summed E-state index contributed by atoms with van der Waals surface area (Å²) in [6.07, 6.45) is 4.98. The highest BCUT2D eigenvalue weighted by atomic mass is 16.5. The molecule has 174 valence electrons. The number of hydrogen-bond donors (Lipinski definition) is 2. The molecule has 1 fully saturated rings. The molecule has 4 amide bonds. The standard InChI is InChI=1S/C25H19N5O5/c1-34-17-3-2-15-12-30(22(31)18(15)9-17)13-25(23(32)28-24(33)29-25)21-8-16-11-27-19(10-20(16)35-21)14-4-6-26-7-5-14/h2-11H,12-13H2,1H3,(H2,28,29,32,33). The third-order valence-corrected chi connectivity index (χ3v) is 6.36. The number of carbonyl (C=O) groups is 3. The van der Waals surface area contributed by atoms with Crippen LogP contribution in [0.4, 0.5) is 4.79 Å². The number of rotatable bonds is 5. The first kappa shape index (κ1) is 20.8. The number of carbonyl (C=O) groups excluding carboxylic acids is 3. The number of hydrogen-bond acceptors (Lipinski definition) is 7. The fourth-order valence-electron chi connectivity index (χ4n) is 4.56. The Balaban J connectivity index is 1.38. The van der Waals surface area contributed by atoms with Crippen LogP contribution in [0.1, 0.15) is 21.7 Å². The van der Waals surface area contributed by atoms with Crippen LogP contribution in [0.2, 0.25) is 0 Å². The second kappa shape index (κ2) is 7.66. The first-order chi connectivity index (χ1) is 17.0. The van der Waals surface area contributed by atoms with E-state index in [4.69, 9.17) is 9.15 Å². The Morgan fingerprint density at radius 1 is 1.11 bits per heavy atom. The molecule has 1 unspecified atom stereocenters. The molecule has 4 aromatic rings. The molecule has 0 saturated carbocycles. The van der Waals surface area contributed by atoms with Crippen LogP contribution in [-0.4, -0.2) is 46.4 Å². The number of nitrogens with zero attached hydrogens (tertiary/aromatic N) is 3. The second-order valence-electron chi connectivity index (χ2n) is 8.45. The quantitative estimate of drug-likeness (QED) is 0.430. The first-order valence-corrected chi connectivity index (χ1v) is 10.9. The van der Waals surface area contributed by atoms with Crippen LogP contribution in [0.25, 0.3) is 22.2 Å². The summed E-state index contributed by atoms with van der Waals surface area (Å²) in [5.41, 5.74) is 1.75. The molecule has 5 heterocycles. The van der Waals surface area contributed by atoms with Crippen molar-refractivity contribution in [1.29, 1.82) is 0 Å². The Labute approximate surface area is 198 Å². The normalized spacial score (nSPS) is 19.1. The number of methoxy groups -OCH3 is 1. The molecule has 1 saturated heterocycles. The molecule has 0 bridgehead atoms. The Morgan fingerprint density at radius 2 is 1.94 bits per heavy atom. The van der Waals surface area contributed by atoms with Gasteiger partial charge >= 0.3 is 6.03 Å². The van der Waals surface area contributed by atoms with Crippen LogP contribution in [0.15, 0.2) is 65.5 Å². The maximum Gasteiger partial charge on any atom is 0.322 e. The topological polar surface area (TPSA) is 127 Å². The fourth-order valence-corrected chi connectivity index (χ4v) is 4.56. The van der Waals surface area contributed by atoms with Gasteiger partial charge in [-0.2, -0.15) is 0 Å². The monoisotopic (exact) mass is 469 g/mol. The van der Waals surface area contributed by atoms with Crippen LogP contribution in [0.3, 0.4) is 0 Å². The minimum Gasteiger partial charge on any atom is -0.497 e. The van der Waals surface area contributed by atoms with E-state index in [1.54, 1.807) is 42.9 Å². The fraction of sp³-hybridized carbons (Fsp3) is 0.160. The average molecular weight is 469 g/mol. The van der Waals surface area contributed by atoms with Gasteiger partial charge in [-0.05, 0) is 35.9 Å². The maximum atomic E-state index is 13.2. The molecule has 6 rings (SSSR count). The van der Waals surface area contributed by atoms with Gasteiger partial charge in [-0.25, -0.2) is 4.79 Å². The number of nitrogens with one attached hydrogen (secondary N) is 2. The lowest BCUT2D eigenvalue weighted by molar-refractivity contribution is -0.125.